The molecule has 0 radical (unpaired) electrons. The van der Waals surface area contributed by atoms with Gasteiger partial charge >= 0.3 is 0 Å². The van der Waals surface area contributed by atoms with Crippen molar-refractivity contribution < 1.29 is 13.6 Å². The minimum absolute atomic E-state index is 0.000792. The van der Waals surface area contributed by atoms with Gasteiger partial charge in [0.1, 0.15) is 11.6 Å². The number of rotatable bonds is 9. The Balaban J connectivity index is 1.64. The summed E-state index contributed by atoms with van der Waals surface area (Å²) < 4.78 is 27.6. The molecule has 0 spiro atoms. The summed E-state index contributed by atoms with van der Waals surface area (Å²) in [5, 5.41) is 3.00. The highest BCUT2D eigenvalue weighted by Crippen LogP contribution is 2.32. The van der Waals surface area contributed by atoms with Crippen LogP contribution < -0.4 is 5.32 Å². The summed E-state index contributed by atoms with van der Waals surface area (Å²) in [5.41, 5.74) is 3.80. The Morgan fingerprint density at radius 3 is 2.23 bits per heavy atom. The van der Waals surface area contributed by atoms with E-state index in [9.17, 15) is 13.6 Å². The SMILES string of the molecule is Cc1cccc(C)c1C(CN1CCCC1)C(C)C(=O)NCCCc1c(F)cccc1F. The largest absolute Gasteiger partial charge is 0.356 e. The maximum absolute atomic E-state index is 13.8. The van der Waals surface area contributed by atoms with Crippen molar-refractivity contribution in [3.63, 3.8) is 0 Å². The number of halogens is 2. The first kappa shape index (κ1) is 23.4. The normalized spacial score (nSPS) is 16.3. The maximum atomic E-state index is 13.8. The summed E-state index contributed by atoms with van der Waals surface area (Å²) in [6.07, 6.45) is 3.19. The zero-order chi connectivity index (χ0) is 22.4. The van der Waals surface area contributed by atoms with Crippen LogP contribution >= 0.6 is 0 Å². The lowest BCUT2D eigenvalue weighted by Gasteiger charge is -2.30. The Bertz CT molecular complexity index is 852. The van der Waals surface area contributed by atoms with E-state index in [0.717, 1.165) is 19.6 Å². The van der Waals surface area contributed by atoms with Crippen LogP contribution in [0, 0.1) is 31.4 Å². The molecule has 2 aromatic carbocycles. The standard InChI is InChI=1S/C26H34F2N2O/c1-18-9-6-10-19(2)25(18)22(17-30-15-4-5-16-30)20(3)26(31)29-14-8-11-21-23(27)12-7-13-24(21)28/h6-7,9-10,12-13,20,22H,4-5,8,11,14-17H2,1-3H3,(H,29,31). The van der Waals surface area contributed by atoms with Gasteiger partial charge in [-0.3, -0.25) is 4.79 Å². The van der Waals surface area contributed by atoms with Gasteiger partial charge < -0.3 is 10.2 Å². The molecule has 1 fully saturated rings. The van der Waals surface area contributed by atoms with Crippen LogP contribution in [0.3, 0.4) is 0 Å². The van der Waals surface area contributed by atoms with Crippen molar-refractivity contribution in [3.8, 4) is 0 Å². The van der Waals surface area contributed by atoms with Crippen molar-refractivity contribution in [2.24, 2.45) is 5.92 Å². The molecule has 3 rings (SSSR count). The molecule has 3 nitrogen and oxygen atoms in total. The van der Waals surface area contributed by atoms with E-state index in [1.165, 1.54) is 47.7 Å². The van der Waals surface area contributed by atoms with Crippen molar-refractivity contribution in [2.45, 2.75) is 52.4 Å². The number of carbonyl (C=O) groups excluding carboxylic acids is 1. The molecular formula is C26H34F2N2O. The quantitative estimate of drug-likeness (QED) is 0.561. The average molecular weight is 429 g/mol. The Hall–Kier alpha value is -2.27. The molecule has 168 valence electrons. The van der Waals surface area contributed by atoms with Gasteiger partial charge in [0.2, 0.25) is 5.91 Å². The van der Waals surface area contributed by atoms with Gasteiger partial charge in [0.15, 0.2) is 0 Å². The number of hydrogen-bond acceptors (Lipinski definition) is 2. The van der Waals surface area contributed by atoms with E-state index >= 15 is 0 Å². The molecule has 0 bridgehead atoms. The second-order valence-electron chi connectivity index (χ2n) is 8.80. The second kappa shape index (κ2) is 10.9. The van der Waals surface area contributed by atoms with Gasteiger partial charge in [-0.25, -0.2) is 8.78 Å². The number of likely N-dealkylation sites (tertiary alicyclic amines) is 1. The molecule has 1 heterocycles. The zero-order valence-corrected chi connectivity index (χ0v) is 18.9. The van der Waals surface area contributed by atoms with Crippen LogP contribution in [0.5, 0.6) is 0 Å². The van der Waals surface area contributed by atoms with E-state index < -0.39 is 11.6 Å². The summed E-state index contributed by atoms with van der Waals surface area (Å²) in [4.78, 5) is 15.5. The van der Waals surface area contributed by atoms with Gasteiger partial charge in [-0.1, -0.05) is 31.2 Å². The first-order chi connectivity index (χ1) is 14.9. The van der Waals surface area contributed by atoms with E-state index in [1.807, 2.05) is 6.92 Å². The summed E-state index contributed by atoms with van der Waals surface area (Å²) in [6.45, 7) is 9.69. The Morgan fingerprint density at radius 1 is 1.03 bits per heavy atom. The van der Waals surface area contributed by atoms with Gasteiger partial charge in [0.05, 0.1) is 0 Å². The fourth-order valence-corrected chi connectivity index (χ4v) is 4.75. The molecular weight excluding hydrogens is 394 g/mol. The molecule has 2 atom stereocenters. The fraction of sp³-hybridized carbons (Fsp3) is 0.500. The third kappa shape index (κ3) is 5.91. The second-order valence-corrected chi connectivity index (χ2v) is 8.80. The van der Waals surface area contributed by atoms with Gasteiger partial charge in [0, 0.05) is 30.5 Å². The number of benzene rings is 2. The van der Waals surface area contributed by atoms with Gasteiger partial charge in [-0.15, -0.1) is 0 Å². The average Bonchev–Trinajstić information content (AvgIpc) is 3.24. The minimum Gasteiger partial charge on any atom is -0.356 e. The Labute approximate surface area is 184 Å². The highest BCUT2D eigenvalue weighted by molar-refractivity contribution is 5.79. The number of aryl methyl sites for hydroxylation is 2. The van der Waals surface area contributed by atoms with E-state index in [0.29, 0.717) is 13.0 Å². The van der Waals surface area contributed by atoms with Crippen LogP contribution in [-0.4, -0.2) is 37.0 Å². The number of hydrogen-bond donors (Lipinski definition) is 1. The Morgan fingerprint density at radius 2 is 1.61 bits per heavy atom. The van der Waals surface area contributed by atoms with Crippen LogP contribution in [0.25, 0.3) is 0 Å². The number of nitrogens with zero attached hydrogens (tertiary/aromatic N) is 1. The molecule has 1 saturated heterocycles. The predicted molar refractivity (Wildman–Crippen MR) is 121 cm³/mol. The molecule has 31 heavy (non-hydrogen) atoms. The smallest absolute Gasteiger partial charge is 0.223 e. The van der Waals surface area contributed by atoms with Crippen LogP contribution in [0.2, 0.25) is 0 Å². The highest BCUT2D eigenvalue weighted by atomic mass is 19.1. The molecule has 1 aliphatic heterocycles. The molecule has 2 unspecified atom stereocenters. The number of nitrogens with one attached hydrogen (secondary N) is 1. The fourth-order valence-electron chi connectivity index (χ4n) is 4.75. The van der Waals surface area contributed by atoms with Gasteiger partial charge in [0.25, 0.3) is 0 Å². The number of carbonyl (C=O) groups is 1. The van der Waals surface area contributed by atoms with E-state index in [4.69, 9.17) is 0 Å². The van der Waals surface area contributed by atoms with E-state index in [-0.39, 0.29) is 29.7 Å². The van der Waals surface area contributed by atoms with Crippen molar-refractivity contribution in [3.05, 3.63) is 70.3 Å². The third-order valence-corrected chi connectivity index (χ3v) is 6.55. The summed E-state index contributed by atoms with van der Waals surface area (Å²) in [5.74, 6) is -1.13. The molecule has 1 amide bonds. The maximum Gasteiger partial charge on any atom is 0.223 e. The molecule has 0 aliphatic carbocycles. The molecule has 0 saturated carbocycles. The molecule has 1 N–H and O–H groups in total. The first-order valence-electron chi connectivity index (χ1n) is 11.4. The van der Waals surface area contributed by atoms with E-state index in [2.05, 4.69) is 42.3 Å². The van der Waals surface area contributed by atoms with Crippen molar-refractivity contribution in [1.29, 1.82) is 0 Å². The van der Waals surface area contributed by atoms with Crippen molar-refractivity contribution in [2.75, 3.05) is 26.2 Å². The molecule has 5 heteroatoms. The van der Waals surface area contributed by atoms with Gasteiger partial charge in [-0.2, -0.15) is 0 Å². The molecule has 2 aromatic rings. The van der Waals surface area contributed by atoms with E-state index in [1.54, 1.807) is 0 Å². The van der Waals surface area contributed by atoms with Gasteiger partial charge in [-0.05, 0) is 81.4 Å². The third-order valence-electron chi connectivity index (χ3n) is 6.55. The minimum atomic E-state index is -0.527. The number of amides is 1. The molecule has 1 aliphatic rings. The monoisotopic (exact) mass is 428 g/mol. The summed E-state index contributed by atoms with van der Waals surface area (Å²) in [6, 6.07) is 10.2. The highest BCUT2D eigenvalue weighted by Gasteiger charge is 2.30. The predicted octanol–water partition coefficient (Wildman–Crippen LogP) is 5.15. The zero-order valence-electron chi connectivity index (χ0n) is 18.9. The lowest BCUT2D eigenvalue weighted by atomic mass is 9.81. The summed E-state index contributed by atoms with van der Waals surface area (Å²) in [7, 11) is 0. The van der Waals surface area contributed by atoms with Crippen LogP contribution in [0.1, 0.15) is 54.4 Å². The first-order valence-corrected chi connectivity index (χ1v) is 11.4. The van der Waals surface area contributed by atoms with Crippen LogP contribution in [0.4, 0.5) is 8.78 Å². The van der Waals surface area contributed by atoms with Crippen molar-refractivity contribution >= 4 is 5.91 Å². The Kier molecular flexibility index (Phi) is 8.19. The van der Waals surface area contributed by atoms with Crippen molar-refractivity contribution in [1.82, 2.24) is 10.2 Å². The molecule has 0 aromatic heterocycles. The van der Waals surface area contributed by atoms with Crippen LogP contribution in [0.15, 0.2) is 36.4 Å². The lowest BCUT2D eigenvalue weighted by Crippen LogP contribution is -2.38. The topological polar surface area (TPSA) is 32.3 Å². The van der Waals surface area contributed by atoms with Crippen LogP contribution in [-0.2, 0) is 11.2 Å². The lowest BCUT2D eigenvalue weighted by molar-refractivity contribution is -0.125. The summed E-state index contributed by atoms with van der Waals surface area (Å²) >= 11 is 0.